The molecule has 1 saturated heterocycles. The van der Waals surface area contributed by atoms with Crippen LogP contribution in [0.3, 0.4) is 0 Å². The van der Waals surface area contributed by atoms with Crippen LogP contribution in [0.5, 0.6) is 0 Å². The van der Waals surface area contributed by atoms with Crippen LogP contribution in [0.2, 0.25) is 0 Å². The molecule has 3 heteroatoms. The minimum absolute atomic E-state index is 0.257. The van der Waals surface area contributed by atoms with E-state index in [-0.39, 0.29) is 5.41 Å². The third kappa shape index (κ3) is 3.58. The minimum atomic E-state index is -0.574. The first-order valence-electron chi connectivity index (χ1n) is 5.82. The lowest BCUT2D eigenvalue weighted by atomic mass is 9.86. The second kappa shape index (κ2) is 4.62. The van der Waals surface area contributed by atoms with E-state index in [0.29, 0.717) is 6.54 Å². The Morgan fingerprint density at radius 3 is 2.73 bits per heavy atom. The molecule has 1 aliphatic heterocycles. The summed E-state index contributed by atoms with van der Waals surface area (Å²) in [6, 6.07) is 0. The van der Waals surface area contributed by atoms with Gasteiger partial charge in [0.1, 0.15) is 6.29 Å². The maximum atomic E-state index is 11.0. The summed E-state index contributed by atoms with van der Waals surface area (Å²) < 4.78 is 0. The second-order valence-corrected chi connectivity index (χ2v) is 5.44. The average Bonchev–Trinajstić information content (AvgIpc) is 2.16. The number of hydrogen-bond acceptors (Lipinski definition) is 3. The Morgan fingerprint density at radius 2 is 2.27 bits per heavy atom. The first kappa shape index (κ1) is 12.7. The highest BCUT2D eigenvalue weighted by Gasteiger charge is 2.32. The lowest BCUT2D eigenvalue weighted by Gasteiger charge is -2.40. The third-order valence-corrected chi connectivity index (χ3v) is 3.43. The van der Waals surface area contributed by atoms with E-state index in [1.807, 2.05) is 20.8 Å². The van der Waals surface area contributed by atoms with Gasteiger partial charge in [-0.1, -0.05) is 13.8 Å². The van der Waals surface area contributed by atoms with Crippen molar-refractivity contribution in [2.75, 3.05) is 19.6 Å². The zero-order valence-electron chi connectivity index (χ0n) is 10.1. The van der Waals surface area contributed by atoms with E-state index in [2.05, 4.69) is 4.90 Å². The molecule has 2 unspecified atom stereocenters. The highest BCUT2D eigenvalue weighted by atomic mass is 16.3. The first-order chi connectivity index (χ1) is 6.91. The molecule has 0 saturated carbocycles. The van der Waals surface area contributed by atoms with Gasteiger partial charge in [-0.25, -0.2) is 0 Å². The maximum Gasteiger partial charge on any atom is 0.127 e. The summed E-state index contributed by atoms with van der Waals surface area (Å²) in [5.74, 6) is 0. The van der Waals surface area contributed by atoms with Crippen LogP contribution in [0.25, 0.3) is 0 Å². The van der Waals surface area contributed by atoms with Gasteiger partial charge >= 0.3 is 0 Å². The fourth-order valence-electron chi connectivity index (χ4n) is 2.20. The fourth-order valence-corrected chi connectivity index (χ4v) is 2.20. The molecule has 1 N–H and O–H groups in total. The highest BCUT2D eigenvalue weighted by molar-refractivity contribution is 5.58. The first-order valence-corrected chi connectivity index (χ1v) is 5.82. The number of aldehydes is 1. The van der Waals surface area contributed by atoms with E-state index in [1.54, 1.807) is 0 Å². The molecule has 1 fully saturated rings. The monoisotopic (exact) mass is 213 g/mol. The number of carbonyl (C=O) groups excluding carboxylic acids is 1. The van der Waals surface area contributed by atoms with Gasteiger partial charge in [-0.3, -0.25) is 4.90 Å². The van der Waals surface area contributed by atoms with Crippen molar-refractivity contribution in [1.82, 2.24) is 4.90 Å². The Hall–Kier alpha value is -0.410. The molecule has 15 heavy (non-hydrogen) atoms. The molecule has 1 heterocycles. The maximum absolute atomic E-state index is 11.0. The van der Waals surface area contributed by atoms with Crippen LogP contribution in [0.4, 0.5) is 0 Å². The Kier molecular flexibility index (Phi) is 3.90. The minimum Gasteiger partial charge on any atom is -0.389 e. The van der Waals surface area contributed by atoms with Crippen LogP contribution in [0.15, 0.2) is 0 Å². The highest BCUT2D eigenvalue weighted by Crippen LogP contribution is 2.25. The zero-order valence-corrected chi connectivity index (χ0v) is 10.1. The predicted octanol–water partition coefficient (Wildman–Crippen LogP) is 1.45. The Bertz CT molecular complexity index is 228. The molecule has 0 aromatic carbocycles. The van der Waals surface area contributed by atoms with Gasteiger partial charge < -0.3 is 9.90 Å². The van der Waals surface area contributed by atoms with Crippen molar-refractivity contribution in [3.8, 4) is 0 Å². The molecular formula is C12H23NO2. The SMILES string of the molecule is CCC(C)(C=O)CN1CCCC(C)(O)C1. The standard InChI is InChI=1S/C12H23NO2/c1-4-11(2,10-14)8-13-7-5-6-12(3,15)9-13/h10,15H,4-9H2,1-3H3. The van der Waals surface area contributed by atoms with E-state index in [1.165, 1.54) is 0 Å². The number of hydrogen-bond donors (Lipinski definition) is 1. The number of β-amino-alcohol motifs (C(OH)–C–C–N with tert-alkyl or cyclic N) is 1. The summed E-state index contributed by atoms with van der Waals surface area (Å²) in [7, 11) is 0. The van der Waals surface area contributed by atoms with Gasteiger partial charge in [0.25, 0.3) is 0 Å². The van der Waals surface area contributed by atoms with E-state index in [0.717, 1.165) is 38.6 Å². The molecule has 88 valence electrons. The van der Waals surface area contributed by atoms with Crippen LogP contribution >= 0.6 is 0 Å². The Labute approximate surface area is 92.5 Å². The van der Waals surface area contributed by atoms with E-state index in [9.17, 15) is 9.90 Å². The van der Waals surface area contributed by atoms with Gasteiger partial charge in [0.2, 0.25) is 0 Å². The molecule has 0 radical (unpaired) electrons. The molecule has 0 amide bonds. The van der Waals surface area contributed by atoms with Crippen molar-refractivity contribution in [1.29, 1.82) is 0 Å². The molecular weight excluding hydrogens is 190 g/mol. The lowest BCUT2D eigenvalue weighted by molar-refractivity contribution is -0.117. The smallest absolute Gasteiger partial charge is 0.127 e. The molecule has 1 aliphatic rings. The van der Waals surface area contributed by atoms with Gasteiger partial charge in [0.05, 0.1) is 5.60 Å². The molecule has 0 aromatic heterocycles. The second-order valence-electron chi connectivity index (χ2n) is 5.44. The number of aliphatic hydroxyl groups is 1. The van der Waals surface area contributed by atoms with E-state index >= 15 is 0 Å². The van der Waals surface area contributed by atoms with Crippen LogP contribution in [0.1, 0.15) is 40.0 Å². The van der Waals surface area contributed by atoms with Crippen molar-refractivity contribution in [2.24, 2.45) is 5.41 Å². The van der Waals surface area contributed by atoms with E-state index < -0.39 is 5.60 Å². The number of likely N-dealkylation sites (tertiary alicyclic amines) is 1. The van der Waals surface area contributed by atoms with Gasteiger partial charge in [-0.2, -0.15) is 0 Å². The molecule has 2 atom stereocenters. The fraction of sp³-hybridized carbons (Fsp3) is 0.917. The van der Waals surface area contributed by atoms with Crippen LogP contribution in [-0.4, -0.2) is 41.5 Å². The third-order valence-electron chi connectivity index (χ3n) is 3.43. The molecule has 0 aromatic rings. The van der Waals surface area contributed by atoms with E-state index in [4.69, 9.17) is 0 Å². The Balaban J connectivity index is 2.54. The summed E-state index contributed by atoms with van der Waals surface area (Å²) in [6.45, 7) is 8.36. The molecule has 1 rings (SSSR count). The Morgan fingerprint density at radius 1 is 1.60 bits per heavy atom. The number of piperidine rings is 1. The average molecular weight is 213 g/mol. The van der Waals surface area contributed by atoms with Crippen LogP contribution < -0.4 is 0 Å². The number of nitrogens with zero attached hydrogens (tertiary/aromatic N) is 1. The van der Waals surface area contributed by atoms with Crippen LogP contribution in [-0.2, 0) is 4.79 Å². The summed E-state index contributed by atoms with van der Waals surface area (Å²) in [4.78, 5) is 13.2. The summed E-state index contributed by atoms with van der Waals surface area (Å²) in [5, 5.41) is 9.96. The normalized spacial score (nSPS) is 32.3. The number of rotatable bonds is 4. The summed E-state index contributed by atoms with van der Waals surface area (Å²) >= 11 is 0. The molecule has 3 nitrogen and oxygen atoms in total. The molecule has 0 bridgehead atoms. The molecule has 0 spiro atoms. The summed E-state index contributed by atoms with van der Waals surface area (Å²) in [6.07, 6.45) is 3.80. The quantitative estimate of drug-likeness (QED) is 0.719. The van der Waals surface area contributed by atoms with Gasteiger partial charge in [-0.15, -0.1) is 0 Å². The number of carbonyl (C=O) groups is 1. The largest absolute Gasteiger partial charge is 0.389 e. The summed E-state index contributed by atoms with van der Waals surface area (Å²) in [5.41, 5.74) is -0.830. The van der Waals surface area contributed by atoms with Gasteiger partial charge in [0.15, 0.2) is 0 Å². The molecule has 0 aliphatic carbocycles. The van der Waals surface area contributed by atoms with Crippen molar-refractivity contribution >= 4 is 6.29 Å². The zero-order chi connectivity index (χ0) is 11.5. The van der Waals surface area contributed by atoms with Gasteiger partial charge in [-0.05, 0) is 32.7 Å². The van der Waals surface area contributed by atoms with Gasteiger partial charge in [0, 0.05) is 18.5 Å². The topological polar surface area (TPSA) is 40.5 Å². The lowest BCUT2D eigenvalue weighted by Crippen LogP contribution is -2.49. The van der Waals surface area contributed by atoms with Crippen molar-refractivity contribution in [3.63, 3.8) is 0 Å². The van der Waals surface area contributed by atoms with Crippen molar-refractivity contribution in [2.45, 2.75) is 45.6 Å². The van der Waals surface area contributed by atoms with Crippen LogP contribution in [0, 0.1) is 5.41 Å². The van der Waals surface area contributed by atoms with Crippen molar-refractivity contribution < 1.29 is 9.90 Å². The predicted molar refractivity (Wildman–Crippen MR) is 60.8 cm³/mol. The van der Waals surface area contributed by atoms with Crippen molar-refractivity contribution in [3.05, 3.63) is 0 Å².